The summed E-state index contributed by atoms with van der Waals surface area (Å²) < 4.78 is 9.98. The number of alkyl carbamates (subject to hydrolysis) is 1. The number of nitrogens with zero attached hydrogens (tertiary/aromatic N) is 1. The van der Waals surface area contributed by atoms with Gasteiger partial charge in [0.1, 0.15) is 24.2 Å². The maximum absolute atomic E-state index is 13.6. The molecule has 1 heterocycles. The zero-order valence-corrected chi connectivity index (χ0v) is 24.4. The largest absolute Gasteiger partial charge is 0.469 e. The Hall–Kier alpha value is -2.85. The van der Waals surface area contributed by atoms with Gasteiger partial charge in [0, 0.05) is 18.5 Å². The second-order valence-corrected chi connectivity index (χ2v) is 13.3. The molecule has 4 aliphatic carbocycles. The number of carbonyl (C=O) groups is 5. The number of hydrogen-bond acceptors (Lipinski definition) is 7. The molecule has 5 fully saturated rings. The molecule has 5 rings (SSSR count). The summed E-state index contributed by atoms with van der Waals surface area (Å²) in [5.41, 5.74) is -0.934. The van der Waals surface area contributed by atoms with Crippen LogP contribution < -0.4 is 16.0 Å². The molecule has 0 unspecified atom stereocenters. The van der Waals surface area contributed by atoms with Gasteiger partial charge < -0.3 is 30.3 Å². The minimum absolute atomic E-state index is 0.0111. The van der Waals surface area contributed by atoms with Crippen LogP contribution in [-0.2, 0) is 28.7 Å². The Balaban J connectivity index is 1.40. The molecule has 1 aliphatic heterocycles. The Labute approximate surface area is 236 Å². The molecule has 4 saturated carbocycles. The van der Waals surface area contributed by atoms with E-state index in [2.05, 4.69) is 16.0 Å². The second kappa shape index (κ2) is 12.3. The quantitative estimate of drug-likeness (QED) is 0.366. The van der Waals surface area contributed by atoms with Crippen molar-refractivity contribution < 1.29 is 33.4 Å². The van der Waals surface area contributed by atoms with Crippen molar-refractivity contribution in [2.45, 2.75) is 115 Å². The van der Waals surface area contributed by atoms with Crippen molar-refractivity contribution in [1.29, 1.82) is 0 Å². The minimum atomic E-state index is -0.918. The average molecular weight is 563 g/mol. The molecule has 0 aromatic carbocycles. The van der Waals surface area contributed by atoms with Crippen LogP contribution in [0.15, 0.2) is 0 Å². The topological polar surface area (TPSA) is 143 Å². The highest BCUT2D eigenvalue weighted by Gasteiger charge is 2.52. The lowest BCUT2D eigenvalue weighted by atomic mass is 9.53. The van der Waals surface area contributed by atoms with Crippen molar-refractivity contribution in [3.63, 3.8) is 0 Å². The highest BCUT2D eigenvalue weighted by molar-refractivity contribution is 5.93. The summed E-state index contributed by atoms with van der Waals surface area (Å²) in [4.78, 5) is 65.6. The molecule has 1 saturated heterocycles. The third-order valence-corrected chi connectivity index (χ3v) is 8.83. The number of esters is 1. The van der Waals surface area contributed by atoms with E-state index in [-0.39, 0.29) is 30.8 Å². The molecule has 0 aromatic rings. The Morgan fingerprint density at radius 2 is 1.60 bits per heavy atom. The van der Waals surface area contributed by atoms with Gasteiger partial charge in [0.15, 0.2) is 0 Å². The summed E-state index contributed by atoms with van der Waals surface area (Å²) in [6.45, 7) is 5.27. The summed E-state index contributed by atoms with van der Waals surface area (Å²) in [5, 5.41) is 8.64. The summed E-state index contributed by atoms with van der Waals surface area (Å²) in [6.07, 6.45) is 7.97. The summed E-state index contributed by atoms with van der Waals surface area (Å²) >= 11 is 0. The van der Waals surface area contributed by atoms with Crippen molar-refractivity contribution in [3.05, 3.63) is 0 Å². The Bertz CT molecular complexity index is 956. The fraction of sp³-hybridized carbons (Fsp3) is 0.828. The van der Waals surface area contributed by atoms with E-state index in [0.29, 0.717) is 30.7 Å². The summed E-state index contributed by atoms with van der Waals surface area (Å²) in [7, 11) is 1.29. The smallest absolute Gasteiger partial charge is 0.408 e. The maximum atomic E-state index is 13.6. The first-order valence-electron chi connectivity index (χ1n) is 14.8. The normalized spacial score (nSPS) is 29.8. The number of methoxy groups -OCH3 is 1. The van der Waals surface area contributed by atoms with Crippen molar-refractivity contribution in [3.8, 4) is 0 Å². The number of ether oxygens (including phenoxy) is 2. The lowest BCUT2D eigenvalue weighted by Crippen LogP contribution is -2.63. The molecule has 2 atom stereocenters. The monoisotopic (exact) mass is 562 g/mol. The summed E-state index contributed by atoms with van der Waals surface area (Å²) in [5.74, 6) is 0.377. The zero-order chi connectivity index (χ0) is 29.1. The molecule has 0 spiro atoms. The van der Waals surface area contributed by atoms with Crippen LogP contribution in [0.2, 0.25) is 0 Å². The fourth-order valence-electron chi connectivity index (χ4n) is 7.58. The number of piperidine rings is 1. The fourth-order valence-corrected chi connectivity index (χ4v) is 7.58. The van der Waals surface area contributed by atoms with Crippen LogP contribution in [0.4, 0.5) is 4.79 Å². The number of amides is 4. The number of rotatable bonds is 9. The molecule has 0 aromatic heterocycles. The Morgan fingerprint density at radius 3 is 2.17 bits per heavy atom. The third-order valence-electron chi connectivity index (χ3n) is 8.83. The number of nitrogens with one attached hydrogen (secondary N) is 3. The molecular weight excluding hydrogens is 516 g/mol. The van der Waals surface area contributed by atoms with Crippen LogP contribution in [-0.4, -0.2) is 78.1 Å². The van der Waals surface area contributed by atoms with Crippen LogP contribution in [0.3, 0.4) is 0 Å². The van der Waals surface area contributed by atoms with E-state index in [4.69, 9.17) is 9.47 Å². The first-order chi connectivity index (χ1) is 18.9. The predicted octanol–water partition coefficient (Wildman–Crippen LogP) is 2.42. The third kappa shape index (κ3) is 7.66. The molecule has 4 bridgehead atoms. The Kier molecular flexibility index (Phi) is 9.29. The molecule has 224 valence electrons. The van der Waals surface area contributed by atoms with Crippen molar-refractivity contribution >= 4 is 29.8 Å². The number of carbonyl (C=O) groups excluding carboxylic acids is 5. The van der Waals surface area contributed by atoms with Gasteiger partial charge in [-0.1, -0.05) is 0 Å². The molecule has 0 radical (unpaired) electrons. The van der Waals surface area contributed by atoms with E-state index in [0.717, 1.165) is 32.1 Å². The Morgan fingerprint density at radius 1 is 0.975 bits per heavy atom. The van der Waals surface area contributed by atoms with Gasteiger partial charge in [-0.25, -0.2) is 4.79 Å². The molecule has 11 nitrogen and oxygen atoms in total. The van der Waals surface area contributed by atoms with Crippen molar-refractivity contribution in [2.75, 3.05) is 20.2 Å². The van der Waals surface area contributed by atoms with Crippen LogP contribution >= 0.6 is 0 Å². The van der Waals surface area contributed by atoms with Gasteiger partial charge in [-0.05, 0) is 103 Å². The molecule has 11 heteroatoms. The molecular formula is C29H46N4O7. The van der Waals surface area contributed by atoms with E-state index in [1.165, 1.54) is 31.3 Å². The van der Waals surface area contributed by atoms with Gasteiger partial charge in [0.05, 0.1) is 7.11 Å². The van der Waals surface area contributed by atoms with Crippen LogP contribution in [0.1, 0.15) is 91.4 Å². The minimum Gasteiger partial charge on any atom is -0.469 e. The van der Waals surface area contributed by atoms with E-state index >= 15 is 0 Å². The van der Waals surface area contributed by atoms with Gasteiger partial charge in [-0.15, -0.1) is 0 Å². The lowest BCUT2D eigenvalue weighted by Gasteiger charge is -2.57. The van der Waals surface area contributed by atoms with Gasteiger partial charge in [0.2, 0.25) is 17.7 Å². The van der Waals surface area contributed by atoms with E-state index < -0.39 is 41.6 Å². The predicted molar refractivity (Wildman–Crippen MR) is 146 cm³/mol. The standard InChI is InChI=1S/C29H46N4O7/c1-28(2,3)40-27(38)30-17-23(34)33-10-6-5-7-22(33)26(37)31-21(8-9-24(35)39-4)25(36)32-29-14-18-11-19(15-29)13-20(12-18)16-29/h18-22H,5-17H2,1-4H3,(H,30,38)(H,31,37)(H,32,36)/t18?,19?,20?,21-,22-,29?/m0/s1. The van der Waals surface area contributed by atoms with E-state index in [9.17, 15) is 24.0 Å². The number of likely N-dealkylation sites (tertiary alicyclic amines) is 1. The molecule has 3 N–H and O–H groups in total. The number of hydrogen-bond donors (Lipinski definition) is 3. The van der Waals surface area contributed by atoms with Crippen LogP contribution in [0, 0.1) is 17.8 Å². The first-order valence-corrected chi connectivity index (χ1v) is 14.8. The molecule has 40 heavy (non-hydrogen) atoms. The van der Waals surface area contributed by atoms with E-state index in [1.54, 1.807) is 20.8 Å². The van der Waals surface area contributed by atoms with Gasteiger partial charge in [-0.2, -0.15) is 0 Å². The van der Waals surface area contributed by atoms with Gasteiger partial charge >= 0.3 is 12.1 Å². The van der Waals surface area contributed by atoms with Gasteiger partial charge in [0.25, 0.3) is 0 Å². The molecule has 5 aliphatic rings. The molecule has 4 amide bonds. The van der Waals surface area contributed by atoms with E-state index in [1.807, 2.05) is 0 Å². The lowest BCUT2D eigenvalue weighted by molar-refractivity contribution is -0.143. The highest BCUT2D eigenvalue weighted by Crippen LogP contribution is 2.55. The summed E-state index contributed by atoms with van der Waals surface area (Å²) in [6, 6.07) is -1.69. The maximum Gasteiger partial charge on any atom is 0.408 e. The first kappa shape index (κ1) is 30.1. The zero-order valence-electron chi connectivity index (χ0n) is 24.4. The highest BCUT2D eigenvalue weighted by atomic mass is 16.6. The second-order valence-electron chi connectivity index (χ2n) is 13.3. The van der Waals surface area contributed by atoms with Crippen LogP contribution in [0.25, 0.3) is 0 Å². The van der Waals surface area contributed by atoms with Crippen LogP contribution in [0.5, 0.6) is 0 Å². The average Bonchev–Trinajstić information content (AvgIpc) is 2.87. The SMILES string of the molecule is COC(=O)CC[C@H](NC(=O)[C@@H]1CCCCN1C(=O)CNC(=O)OC(C)(C)C)C(=O)NC12CC3CC(CC(C3)C1)C2. The van der Waals surface area contributed by atoms with Crippen molar-refractivity contribution in [2.24, 2.45) is 17.8 Å². The van der Waals surface area contributed by atoms with Crippen molar-refractivity contribution in [1.82, 2.24) is 20.9 Å². The van der Waals surface area contributed by atoms with Gasteiger partial charge in [-0.3, -0.25) is 19.2 Å².